The third-order valence-corrected chi connectivity index (χ3v) is 2.70. The third-order valence-electron chi connectivity index (χ3n) is 2.70. The molecule has 0 aliphatic heterocycles. The largest absolute Gasteiger partial charge is 0.469 e. The molecule has 5 nitrogen and oxygen atoms in total. The molecule has 0 saturated heterocycles. The monoisotopic (exact) mass is 259 g/mol. The molecule has 1 atom stereocenters. The van der Waals surface area contributed by atoms with Gasteiger partial charge in [-0.2, -0.15) is 0 Å². The number of nitrogens with one attached hydrogen (secondary N) is 1. The minimum atomic E-state index is -0.156. The van der Waals surface area contributed by atoms with Crippen LogP contribution in [0.5, 0.6) is 0 Å². The smallest absolute Gasteiger partial charge is 0.251 e. The summed E-state index contributed by atoms with van der Waals surface area (Å²) in [6.07, 6.45) is 2.27. The van der Waals surface area contributed by atoms with Crippen molar-refractivity contribution in [3.63, 3.8) is 0 Å². The maximum atomic E-state index is 12.1. The van der Waals surface area contributed by atoms with E-state index >= 15 is 0 Å². The van der Waals surface area contributed by atoms with E-state index < -0.39 is 0 Å². The number of carbonyl (C=O) groups excluding carboxylic acids is 1. The maximum absolute atomic E-state index is 12.1. The van der Waals surface area contributed by atoms with Gasteiger partial charge in [0.25, 0.3) is 5.91 Å². The van der Waals surface area contributed by atoms with Crippen LogP contribution in [0.4, 0.5) is 5.82 Å². The van der Waals surface area contributed by atoms with E-state index in [-0.39, 0.29) is 11.9 Å². The average molecular weight is 259 g/mol. The molecule has 0 aliphatic rings. The van der Waals surface area contributed by atoms with E-state index in [4.69, 9.17) is 10.2 Å². The number of amides is 1. The summed E-state index contributed by atoms with van der Waals surface area (Å²) in [7, 11) is 0. The van der Waals surface area contributed by atoms with Crippen molar-refractivity contribution in [3.8, 4) is 0 Å². The zero-order valence-electron chi connectivity index (χ0n) is 11.0. The molecule has 1 unspecified atom stereocenters. The SMILES string of the molecule is Cc1cc(C(=O)NC(C)Cc2ccco2)cc(N)n1. The molecular formula is C14H17N3O2. The quantitative estimate of drug-likeness (QED) is 0.879. The summed E-state index contributed by atoms with van der Waals surface area (Å²) in [6.45, 7) is 3.73. The molecule has 2 heterocycles. The zero-order valence-corrected chi connectivity index (χ0v) is 11.0. The van der Waals surface area contributed by atoms with E-state index in [0.29, 0.717) is 17.8 Å². The second-order valence-electron chi connectivity index (χ2n) is 4.58. The Bertz CT molecular complexity index is 544. The highest BCUT2D eigenvalue weighted by Crippen LogP contribution is 2.08. The van der Waals surface area contributed by atoms with Crippen molar-refractivity contribution < 1.29 is 9.21 Å². The molecule has 0 saturated carbocycles. The number of furan rings is 1. The number of hydrogen-bond acceptors (Lipinski definition) is 4. The van der Waals surface area contributed by atoms with E-state index in [0.717, 1.165) is 11.5 Å². The summed E-state index contributed by atoms with van der Waals surface area (Å²) in [5, 5.41) is 2.91. The third kappa shape index (κ3) is 3.58. The number of hydrogen-bond donors (Lipinski definition) is 2. The Hall–Kier alpha value is -2.30. The van der Waals surface area contributed by atoms with E-state index in [9.17, 15) is 4.79 Å². The predicted octanol–water partition coefficient (Wildman–Crippen LogP) is 1.93. The van der Waals surface area contributed by atoms with Gasteiger partial charge in [0.2, 0.25) is 0 Å². The maximum Gasteiger partial charge on any atom is 0.251 e. The van der Waals surface area contributed by atoms with Crippen molar-refractivity contribution in [1.82, 2.24) is 10.3 Å². The van der Waals surface area contributed by atoms with Gasteiger partial charge in [0.05, 0.1) is 6.26 Å². The number of rotatable bonds is 4. The van der Waals surface area contributed by atoms with Gasteiger partial charge < -0.3 is 15.5 Å². The lowest BCUT2D eigenvalue weighted by Crippen LogP contribution is -2.34. The van der Waals surface area contributed by atoms with Crippen LogP contribution in [0.15, 0.2) is 34.9 Å². The van der Waals surface area contributed by atoms with Crippen LogP contribution < -0.4 is 11.1 Å². The first-order valence-corrected chi connectivity index (χ1v) is 6.12. The molecule has 0 aliphatic carbocycles. The predicted molar refractivity (Wildman–Crippen MR) is 72.7 cm³/mol. The minimum absolute atomic E-state index is 0.0201. The van der Waals surface area contributed by atoms with Crippen LogP contribution in [-0.4, -0.2) is 16.9 Å². The van der Waals surface area contributed by atoms with Crippen LogP contribution in [0.1, 0.15) is 28.7 Å². The van der Waals surface area contributed by atoms with Crippen molar-refractivity contribution in [2.24, 2.45) is 0 Å². The fraction of sp³-hybridized carbons (Fsp3) is 0.286. The van der Waals surface area contributed by atoms with Crippen LogP contribution in [0.25, 0.3) is 0 Å². The first-order valence-electron chi connectivity index (χ1n) is 6.12. The van der Waals surface area contributed by atoms with Crippen molar-refractivity contribution >= 4 is 11.7 Å². The van der Waals surface area contributed by atoms with Gasteiger partial charge in [-0.3, -0.25) is 4.79 Å². The first kappa shape index (κ1) is 13.1. The minimum Gasteiger partial charge on any atom is -0.469 e. The Kier molecular flexibility index (Phi) is 3.85. The second-order valence-corrected chi connectivity index (χ2v) is 4.58. The molecule has 0 fully saturated rings. The average Bonchev–Trinajstić information content (AvgIpc) is 2.80. The summed E-state index contributed by atoms with van der Waals surface area (Å²) in [5.74, 6) is 1.04. The Balaban J connectivity index is 2.00. The van der Waals surface area contributed by atoms with Gasteiger partial charge in [-0.25, -0.2) is 4.98 Å². The van der Waals surface area contributed by atoms with E-state index in [1.165, 1.54) is 0 Å². The molecule has 0 aromatic carbocycles. The number of carbonyl (C=O) groups is 1. The summed E-state index contributed by atoms with van der Waals surface area (Å²) >= 11 is 0. The lowest BCUT2D eigenvalue weighted by molar-refractivity contribution is 0.0939. The molecule has 2 aromatic heterocycles. The fourth-order valence-electron chi connectivity index (χ4n) is 1.91. The molecular weight excluding hydrogens is 242 g/mol. The molecule has 2 aromatic rings. The van der Waals surface area contributed by atoms with Crippen molar-refractivity contribution in [2.45, 2.75) is 26.3 Å². The van der Waals surface area contributed by atoms with Crippen molar-refractivity contribution in [3.05, 3.63) is 47.5 Å². The van der Waals surface area contributed by atoms with Crippen LogP contribution in [0.2, 0.25) is 0 Å². The number of nitrogen functional groups attached to an aromatic ring is 1. The van der Waals surface area contributed by atoms with Crippen LogP contribution in [0.3, 0.4) is 0 Å². The van der Waals surface area contributed by atoms with Gasteiger partial charge in [-0.05, 0) is 38.1 Å². The van der Waals surface area contributed by atoms with Crippen molar-refractivity contribution in [2.75, 3.05) is 5.73 Å². The normalized spacial score (nSPS) is 12.1. The zero-order chi connectivity index (χ0) is 13.8. The highest BCUT2D eigenvalue weighted by molar-refractivity contribution is 5.95. The van der Waals surface area contributed by atoms with E-state index in [2.05, 4.69) is 10.3 Å². The first-order chi connectivity index (χ1) is 9.04. The summed E-state index contributed by atoms with van der Waals surface area (Å²) in [4.78, 5) is 16.1. The van der Waals surface area contributed by atoms with Crippen LogP contribution in [-0.2, 0) is 6.42 Å². The molecule has 0 radical (unpaired) electrons. The summed E-state index contributed by atoms with van der Waals surface area (Å²) in [5.41, 5.74) is 6.88. The molecule has 19 heavy (non-hydrogen) atoms. The van der Waals surface area contributed by atoms with Gasteiger partial charge in [0.15, 0.2) is 0 Å². The van der Waals surface area contributed by atoms with Gasteiger partial charge in [0.1, 0.15) is 11.6 Å². The Morgan fingerprint density at radius 3 is 2.95 bits per heavy atom. The van der Waals surface area contributed by atoms with E-state index in [1.807, 2.05) is 19.1 Å². The molecule has 2 rings (SSSR count). The molecule has 3 N–H and O–H groups in total. The summed E-state index contributed by atoms with van der Waals surface area (Å²) < 4.78 is 5.25. The lowest BCUT2D eigenvalue weighted by atomic mass is 10.1. The highest BCUT2D eigenvalue weighted by Gasteiger charge is 2.12. The molecule has 0 spiro atoms. The number of pyridine rings is 1. The Morgan fingerprint density at radius 2 is 2.32 bits per heavy atom. The van der Waals surface area contributed by atoms with Crippen LogP contribution >= 0.6 is 0 Å². The topological polar surface area (TPSA) is 81.2 Å². The standard InChI is InChI=1S/C14H17N3O2/c1-9-6-11(8-13(15)16-9)14(18)17-10(2)7-12-4-3-5-19-12/h3-6,8,10H,7H2,1-2H3,(H2,15,16)(H,17,18). The van der Waals surface area contributed by atoms with Crippen molar-refractivity contribution in [1.29, 1.82) is 0 Å². The number of nitrogens with zero attached hydrogens (tertiary/aromatic N) is 1. The number of aryl methyl sites for hydroxylation is 1. The molecule has 0 bridgehead atoms. The molecule has 5 heteroatoms. The number of nitrogens with two attached hydrogens (primary N) is 1. The Labute approximate surface area is 111 Å². The van der Waals surface area contributed by atoms with Crippen LogP contribution in [0, 0.1) is 6.92 Å². The van der Waals surface area contributed by atoms with Gasteiger partial charge in [-0.1, -0.05) is 0 Å². The number of anilines is 1. The van der Waals surface area contributed by atoms with Gasteiger partial charge in [0, 0.05) is 23.7 Å². The summed E-state index contributed by atoms with van der Waals surface area (Å²) in [6, 6.07) is 6.98. The number of aromatic nitrogens is 1. The second kappa shape index (κ2) is 5.56. The van der Waals surface area contributed by atoms with Gasteiger partial charge >= 0.3 is 0 Å². The van der Waals surface area contributed by atoms with Gasteiger partial charge in [-0.15, -0.1) is 0 Å². The molecule has 100 valence electrons. The fourth-order valence-corrected chi connectivity index (χ4v) is 1.91. The highest BCUT2D eigenvalue weighted by atomic mass is 16.3. The van der Waals surface area contributed by atoms with E-state index in [1.54, 1.807) is 25.3 Å². The Morgan fingerprint density at radius 1 is 1.53 bits per heavy atom. The lowest BCUT2D eigenvalue weighted by Gasteiger charge is -2.13. The molecule has 1 amide bonds.